The van der Waals surface area contributed by atoms with Crippen molar-refractivity contribution in [2.24, 2.45) is 0 Å². The number of allylic oxidation sites excluding steroid dienone is 4. The van der Waals surface area contributed by atoms with Gasteiger partial charge in [0.05, 0.1) is 6.10 Å². The van der Waals surface area contributed by atoms with E-state index in [1.54, 1.807) is 6.92 Å². The molecule has 0 unspecified atom stereocenters. The average Bonchev–Trinajstić information content (AvgIpc) is 2.38. The van der Waals surface area contributed by atoms with Gasteiger partial charge in [-0.2, -0.15) is 0 Å². The second-order valence-corrected chi connectivity index (χ2v) is 4.95. The van der Waals surface area contributed by atoms with E-state index in [0.29, 0.717) is 12.8 Å². The third-order valence-corrected chi connectivity index (χ3v) is 3.33. The Hall–Kier alpha value is -1.48. The Morgan fingerprint density at radius 3 is 3.11 bits per heavy atom. The van der Waals surface area contributed by atoms with Crippen molar-refractivity contribution in [1.29, 1.82) is 0 Å². The summed E-state index contributed by atoms with van der Waals surface area (Å²) in [6, 6.07) is 0. The Balaban J connectivity index is 2.39. The number of aliphatic hydroxyl groups is 2. The molecule has 0 fully saturated rings. The molecule has 94 valence electrons. The van der Waals surface area contributed by atoms with E-state index in [0.717, 1.165) is 30.4 Å². The number of aliphatic hydroxyl groups excluding tert-OH is 1. The van der Waals surface area contributed by atoms with Crippen LogP contribution in [0.2, 0.25) is 0 Å². The molecule has 0 radical (unpaired) electrons. The number of hydrogen-bond donors (Lipinski definition) is 2. The first-order valence-corrected chi connectivity index (χ1v) is 6.41. The minimum atomic E-state index is -1.37. The molecule has 0 heterocycles. The van der Waals surface area contributed by atoms with E-state index in [9.17, 15) is 10.2 Å². The highest BCUT2D eigenvalue weighted by Gasteiger charge is 2.27. The largest absolute Gasteiger partial charge is 0.389 e. The summed E-state index contributed by atoms with van der Waals surface area (Å²) in [5.74, 6) is 11.8. The van der Waals surface area contributed by atoms with Gasteiger partial charge < -0.3 is 10.2 Å². The predicted octanol–water partition coefficient (Wildman–Crippen LogP) is 1.94. The Labute approximate surface area is 108 Å². The van der Waals surface area contributed by atoms with Crippen LogP contribution >= 0.6 is 0 Å². The van der Waals surface area contributed by atoms with Crippen molar-refractivity contribution in [3.05, 3.63) is 23.3 Å². The van der Waals surface area contributed by atoms with E-state index in [1.807, 2.05) is 6.08 Å². The summed E-state index contributed by atoms with van der Waals surface area (Å²) in [4.78, 5) is 0. The third kappa shape index (κ3) is 3.05. The quantitative estimate of drug-likeness (QED) is 0.637. The van der Waals surface area contributed by atoms with Gasteiger partial charge in [0, 0.05) is 12.0 Å². The molecule has 2 N–H and O–H groups in total. The predicted molar refractivity (Wildman–Crippen MR) is 71.4 cm³/mol. The van der Waals surface area contributed by atoms with Gasteiger partial charge in [-0.3, -0.25) is 0 Å². The van der Waals surface area contributed by atoms with Crippen LogP contribution in [0, 0.1) is 23.7 Å². The van der Waals surface area contributed by atoms with Crippen molar-refractivity contribution in [2.75, 3.05) is 0 Å². The molecule has 0 aliphatic heterocycles. The fraction of sp³-hybridized carbons (Fsp3) is 0.500. The van der Waals surface area contributed by atoms with E-state index in [4.69, 9.17) is 0 Å². The smallest absolute Gasteiger partial charge is 0.148 e. The van der Waals surface area contributed by atoms with E-state index in [-0.39, 0.29) is 0 Å². The summed E-state index contributed by atoms with van der Waals surface area (Å²) in [7, 11) is 0. The maximum absolute atomic E-state index is 10.1. The van der Waals surface area contributed by atoms with Gasteiger partial charge in [-0.15, -0.1) is 0 Å². The van der Waals surface area contributed by atoms with Crippen LogP contribution in [0.1, 0.15) is 39.0 Å². The molecule has 0 aromatic carbocycles. The number of rotatable bonds is 0. The molecule has 2 nitrogen and oxygen atoms in total. The summed E-state index contributed by atoms with van der Waals surface area (Å²) in [5, 5.41) is 20.0. The summed E-state index contributed by atoms with van der Waals surface area (Å²) >= 11 is 0. The number of hydrogen-bond acceptors (Lipinski definition) is 2. The molecular weight excluding hydrogens is 224 g/mol. The molecule has 0 spiro atoms. The lowest BCUT2D eigenvalue weighted by Crippen LogP contribution is -2.37. The fourth-order valence-electron chi connectivity index (χ4n) is 2.06. The van der Waals surface area contributed by atoms with Crippen molar-refractivity contribution in [3.63, 3.8) is 0 Å². The summed E-state index contributed by atoms with van der Waals surface area (Å²) < 4.78 is 0. The maximum atomic E-state index is 10.1. The molecule has 2 aliphatic carbocycles. The summed E-state index contributed by atoms with van der Waals surface area (Å²) in [6.07, 6.45) is 7.29. The van der Waals surface area contributed by atoms with Crippen LogP contribution in [0.15, 0.2) is 23.3 Å². The van der Waals surface area contributed by atoms with Gasteiger partial charge in [0.25, 0.3) is 0 Å². The number of fused-ring (bicyclic) bond motifs is 1. The molecule has 0 bridgehead atoms. The highest BCUT2D eigenvalue weighted by Crippen LogP contribution is 2.24. The molecule has 2 aliphatic rings. The van der Waals surface area contributed by atoms with Gasteiger partial charge >= 0.3 is 0 Å². The lowest BCUT2D eigenvalue weighted by atomic mass is 9.92. The topological polar surface area (TPSA) is 40.5 Å². The Kier molecular flexibility index (Phi) is 3.92. The molecule has 0 amide bonds. The van der Waals surface area contributed by atoms with Crippen molar-refractivity contribution in [1.82, 2.24) is 0 Å². The van der Waals surface area contributed by atoms with Gasteiger partial charge in [0.15, 0.2) is 0 Å². The van der Waals surface area contributed by atoms with Crippen LogP contribution in [0.3, 0.4) is 0 Å². The highest BCUT2D eigenvalue weighted by atomic mass is 16.3. The zero-order valence-corrected chi connectivity index (χ0v) is 10.7. The Bertz CT molecular complexity index is 501. The Morgan fingerprint density at radius 1 is 1.44 bits per heavy atom. The average molecular weight is 242 g/mol. The molecule has 2 atom stereocenters. The van der Waals surface area contributed by atoms with E-state index in [2.05, 4.69) is 29.8 Å². The maximum Gasteiger partial charge on any atom is 0.148 e. The molecule has 2 rings (SSSR count). The van der Waals surface area contributed by atoms with Gasteiger partial charge in [0.2, 0.25) is 0 Å². The second kappa shape index (κ2) is 5.44. The van der Waals surface area contributed by atoms with Crippen molar-refractivity contribution in [3.8, 4) is 23.7 Å². The standard InChI is InChI=1S/C16H18O2/c1-16(18)12-11-14-9-6-5-8-13(14)7-3-2-4-10-15(16)17/h7,9,15,17-18H,4-6,8,10H2,1H3/b13-7-/t15-,16+/m1/s1. The fourth-order valence-corrected chi connectivity index (χ4v) is 2.06. The monoisotopic (exact) mass is 242 g/mol. The SMILES string of the molecule is C[C@]1(O)C#CC2=CCCC/C2=C/C#CCC[C@H]1O. The first-order chi connectivity index (χ1) is 8.59. The van der Waals surface area contributed by atoms with Gasteiger partial charge in [0.1, 0.15) is 5.60 Å². The first-order valence-electron chi connectivity index (χ1n) is 6.41. The summed E-state index contributed by atoms with van der Waals surface area (Å²) in [5.41, 5.74) is 0.730. The summed E-state index contributed by atoms with van der Waals surface area (Å²) in [6.45, 7) is 1.56. The molecule has 18 heavy (non-hydrogen) atoms. The van der Waals surface area contributed by atoms with Crippen LogP contribution in [0.5, 0.6) is 0 Å². The van der Waals surface area contributed by atoms with Crippen LogP contribution < -0.4 is 0 Å². The van der Waals surface area contributed by atoms with Crippen molar-refractivity contribution >= 4 is 0 Å². The zero-order chi connectivity index (χ0) is 13.0. The lowest BCUT2D eigenvalue weighted by Gasteiger charge is -2.23. The third-order valence-electron chi connectivity index (χ3n) is 3.33. The normalized spacial score (nSPS) is 34.3. The molecule has 0 aromatic heterocycles. The van der Waals surface area contributed by atoms with Crippen LogP contribution in [0.25, 0.3) is 0 Å². The van der Waals surface area contributed by atoms with Gasteiger partial charge in [-0.1, -0.05) is 29.8 Å². The Morgan fingerprint density at radius 2 is 2.28 bits per heavy atom. The highest BCUT2D eigenvalue weighted by molar-refractivity contribution is 5.50. The zero-order valence-electron chi connectivity index (χ0n) is 10.7. The van der Waals surface area contributed by atoms with E-state index < -0.39 is 11.7 Å². The van der Waals surface area contributed by atoms with E-state index in [1.165, 1.54) is 0 Å². The van der Waals surface area contributed by atoms with Crippen molar-refractivity contribution in [2.45, 2.75) is 50.7 Å². The minimum Gasteiger partial charge on any atom is -0.389 e. The van der Waals surface area contributed by atoms with E-state index >= 15 is 0 Å². The molecule has 2 heteroatoms. The van der Waals surface area contributed by atoms with Gasteiger partial charge in [-0.05, 0) is 44.3 Å². The molecule has 0 aromatic rings. The van der Waals surface area contributed by atoms with Crippen LogP contribution in [-0.2, 0) is 0 Å². The first kappa shape index (κ1) is 13.0. The lowest BCUT2D eigenvalue weighted by molar-refractivity contribution is -0.0221. The van der Waals surface area contributed by atoms with Crippen molar-refractivity contribution < 1.29 is 10.2 Å². The molecular formula is C16H18O2. The second-order valence-electron chi connectivity index (χ2n) is 4.95. The molecule has 0 saturated heterocycles. The van der Waals surface area contributed by atoms with Crippen LogP contribution in [-0.4, -0.2) is 21.9 Å². The molecule has 0 saturated carbocycles. The van der Waals surface area contributed by atoms with Crippen LogP contribution in [0.4, 0.5) is 0 Å². The minimum absolute atomic E-state index is 0.441. The van der Waals surface area contributed by atoms with Gasteiger partial charge in [-0.25, -0.2) is 0 Å².